The lowest BCUT2D eigenvalue weighted by atomic mass is 10.1. The number of amides is 2. The maximum atomic E-state index is 13.1. The fourth-order valence-electron chi connectivity index (χ4n) is 3.22. The third kappa shape index (κ3) is 2.64. The Balaban J connectivity index is 1.70. The van der Waals surface area contributed by atoms with Crippen molar-refractivity contribution < 1.29 is 19.1 Å². The molecule has 0 aliphatic carbocycles. The first-order valence-corrected chi connectivity index (χ1v) is 8.11. The molecule has 2 aromatic carbocycles. The predicted molar refractivity (Wildman–Crippen MR) is 89.1 cm³/mol. The number of benzene rings is 2. The molecule has 2 amide bonds. The van der Waals surface area contributed by atoms with Gasteiger partial charge in [0.05, 0.1) is 6.54 Å². The number of ether oxygens (including phenoxy) is 2. The second kappa shape index (κ2) is 5.89. The van der Waals surface area contributed by atoms with Gasteiger partial charge in [0.25, 0.3) is 5.91 Å². The standard InChI is InChI=1S/C19H18N2O4/c1-20-13-19(25-18(20)23)21(12-14-8-4-2-5-9-14)17(22)16(24-19)15-10-6-3-7-11-15/h2-11,16H,12-13H2,1H3/t16-,19-/m0/s1. The lowest BCUT2D eigenvalue weighted by Crippen LogP contribution is -2.49. The van der Waals surface area contributed by atoms with Crippen LogP contribution in [0.15, 0.2) is 60.7 Å². The third-order valence-electron chi connectivity index (χ3n) is 4.48. The highest BCUT2D eigenvalue weighted by atomic mass is 16.8. The minimum absolute atomic E-state index is 0.174. The number of rotatable bonds is 3. The Kier molecular flexibility index (Phi) is 3.69. The Hall–Kier alpha value is -2.86. The minimum Gasteiger partial charge on any atom is -0.395 e. The summed E-state index contributed by atoms with van der Waals surface area (Å²) in [6.45, 7) is 0.484. The second-order valence-corrected chi connectivity index (χ2v) is 6.26. The van der Waals surface area contributed by atoms with Gasteiger partial charge in [0.2, 0.25) is 0 Å². The average molecular weight is 338 g/mol. The van der Waals surface area contributed by atoms with Gasteiger partial charge in [-0.2, -0.15) is 0 Å². The SMILES string of the molecule is CN1C[C@@]2(OC1=O)O[C@@H](c1ccccc1)C(=O)N2Cc1ccccc1. The highest BCUT2D eigenvalue weighted by molar-refractivity contribution is 5.85. The van der Waals surface area contributed by atoms with Crippen molar-refractivity contribution in [2.24, 2.45) is 0 Å². The summed E-state index contributed by atoms with van der Waals surface area (Å²) in [6.07, 6.45) is -1.29. The van der Waals surface area contributed by atoms with Gasteiger partial charge in [-0.25, -0.2) is 4.79 Å². The molecule has 25 heavy (non-hydrogen) atoms. The minimum atomic E-state index is -1.39. The van der Waals surface area contributed by atoms with Crippen molar-refractivity contribution >= 4 is 12.0 Å². The molecule has 2 aliphatic rings. The van der Waals surface area contributed by atoms with E-state index in [9.17, 15) is 9.59 Å². The fraction of sp³-hybridized carbons (Fsp3) is 0.263. The number of hydrogen-bond donors (Lipinski definition) is 0. The summed E-state index contributed by atoms with van der Waals surface area (Å²) in [6, 6.07) is 18.8. The first-order chi connectivity index (χ1) is 12.1. The summed E-state index contributed by atoms with van der Waals surface area (Å²) in [5.41, 5.74) is 1.69. The maximum absolute atomic E-state index is 13.1. The van der Waals surface area contributed by atoms with Gasteiger partial charge in [0, 0.05) is 7.05 Å². The van der Waals surface area contributed by atoms with Crippen LogP contribution in [-0.2, 0) is 20.8 Å². The molecule has 0 N–H and O–H groups in total. The van der Waals surface area contributed by atoms with E-state index in [0.717, 1.165) is 11.1 Å². The molecule has 6 heteroatoms. The fourth-order valence-corrected chi connectivity index (χ4v) is 3.22. The Morgan fingerprint density at radius 1 is 1.04 bits per heavy atom. The van der Waals surface area contributed by atoms with E-state index in [1.165, 1.54) is 9.80 Å². The van der Waals surface area contributed by atoms with Gasteiger partial charge in [-0.15, -0.1) is 0 Å². The van der Waals surface area contributed by atoms with E-state index in [-0.39, 0.29) is 12.5 Å². The molecule has 0 saturated carbocycles. The van der Waals surface area contributed by atoms with Crippen LogP contribution >= 0.6 is 0 Å². The summed E-state index contributed by atoms with van der Waals surface area (Å²) in [5.74, 6) is -1.60. The zero-order valence-electron chi connectivity index (χ0n) is 13.8. The summed E-state index contributed by atoms with van der Waals surface area (Å²) in [7, 11) is 1.63. The normalized spacial score (nSPS) is 25.7. The van der Waals surface area contributed by atoms with Crippen molar-refractivity contribution in [1.29, 1.82) is 0 Å². The Morgan fingerprint density at radius 2 is 1.68 bits per heavy atom. The van der Waals surface area contributed by atoms with Crippen LogP contribution in [0, 0.1) is 0 Å². The van der Waals surface area contributed by atoms with Gasteiger partial charge in [-0.05, 0) is 11.1 Å². The van der Waals surface area contributed by atoms with E-state index in [0.29, 0.717) is 6.54 Å². The molecule has 4 rings (SSSR count). The van der Waals surface area contributed by atoms with E-state index in [1.54, 1.807) is 7.05 Å². The lowest BCUT2D eigenvalue weighted by Gasteiger charge is -2.30. The molecule has 2 aliphatic heterocycles. The van der Waals surface area contributed by atoms with Crippen LogP contribution < -0.4 is 0 Å². The van der Waals surface area contributed by atoms with Gasteiger partial charge >= 0.3 is 12.0 Å². The molecule has 0 radical (unpaired) electrons. The Morgan fingerprint density at radius 3 is 2.28 bits per heavy atom. The van der Waals surface area contributed by atoms with Gasteiger partial charge in [-0.3, -0.25) is 9.69 Å². The third-order valence-corrected chi connectivity index (χ3v) is 4.48. The van der Waals surface area contributed by atoms with Crippen molar-refractivity contribution in [3.05, 3.63) is 71.8 Å². The smallest absolute Gasteiger partial charge is 0.395 e. The molecule has 128 valence electrons. The van der Waals surface area contributed by atoms with Crippen molar-refractivity contribution in [1.82, 2.24) is 9.80 Å². The van der Waals surface area contributed by atoms with Crippen LogP contribution in [0.25, 0.3) is 0 Å². The van der Waals surface area contributed by atoms with Crippen molar-refractivity contribution in [2.45, 2.75) is 18.6 Å². The Bertz CT molecular complexity index is 796. The van der Waals surface area contributed by atoms with Crippen molar-refractivity contribution in [3.8, 4) is 0 Å². The molecule has 2 aromatic rings. The Labute approximate surface area is 145 Å². The van der Waals surface area contributed by atoms with E-state index >= 15 is 0 Å². The van der Waals surface area contributed by atoms with Gasteiger partial charge in [0.1, 0.15) is 6.54 Å². The largest absolute Gasteiger partial charge is 0.413 e. The summed E-state index contributed by atoms with van der Waals surface area (Å²) < 4.78 is 11.5. The van der Waals surface area contributed by atoms with E-state index in [4.69, 9.17) is 9.47 Å². The second-order valence-electron chi connectivity index (χ2n) is 6.26. The highest BCUT2D eigenvalue weighted by Gasteiger charge is 2.60. The van der Waals surface area contributed by atoms with E-state index < -0.39 is 18.1 Å². The molecule has 2 heterocycles. The first-order valence-electron chi connectivity index (χ1n) is 8.11. The molecular formula is C19H18N2O4. The predicted octanol–water partition coefficient (Wildman–Crippen LogP) is 2.52. The maximum Gasteiger partial charge on any atom is 0.413 e. The molecule has 0 bridgehead atoms. The monoisotopic (exact) mass is 338 g/mol. The van der Waals surface area contributed by atoms with Crippen LogP contribution in [-0.4, -0.2) is 41.3 Å². The number of likely N-dealkylation sites (N-methyl/N-ethyl adjacent to an activating group) is 1. The lowest BCUT2D eigenvalue weighted by molar-refractivity contribution is -0.233. The van der Waals surface area contributed by atoms with Gasteiger partial charge < -0.3 is 14.4 Å². The summed E-state index contributed by atoms with van der Waals surface area (Å²) in [4.78, 5) is 28.0. The first kappa shape index (κ1) is 15.7. The van der Waals surface area contributed by atoms with Crippen LogP contribution in [0.2, 0.25) is 0 Å². The van der Waals surface area contributed by atoms with E-state index in [1.807, 2.05) is 60.7 Å². The molecule has 1 spiro atoms. The molecule has 2 saturated heterocycles. The van der Waals surface area contributed by atoms with Crippen molar-refractivity contribution in [2.75, 3.05) is 13.6 Å². The summed E-state index contributed by atoms with van der Waals surface area (Å²) in [5, 5.41) is 0. The van der Waals surface area contributed by atoms with Gasteiger partial charge in [0.15, 0.2) is 6.10 Å². The van der Waals surface area contributed by atoms with Crippen molar-refractivity contribution in [3.63, 3.8) is 0 Å². The zero-order valence-corrected chi connectivity index (χ0v) is 13.8. The van der Waals surface area contributed by atoms with Crippen LogP contribution in [0.3, 0.4) is 0 Å². The molecule has 2 atom stereocenters. The number of carbonyl (C=O) groups excluding carboxylic acids is 2. The van der Waals surface area contributed by atoms with Crippen LogP contribution in [0.4, 0.5) is 4.79 Å². The molecular weight excluding hydrogens is 320 g/mol. The topological polar surface area (TPSA) is 59.1 Å². The zero-order chi connectivity index (χ0) is 17.4. The molecule has 0 aromatic heterocycles. The quantitative estimate of drug-likeness (QED) is 0.863. The van der Waals surface area contributed by atoms with E-state index in [2.05, 4.69) is 0 Å². The molecule has 6 nitrogen and oxygen atoms in total. The van der Waals surface area contributed by atoms with Gasteiger partial charge in [-0.1, -0.05) is 60.7 Å². The number of nitrogens with zero attached hydrogens (tertiary/aromatic N) is 2. The highest BCUT2D eigenvalue weighted by Crippen LogP contribution is 2.42. The average Bonchev–Trinajstić information content (AvgIpc) is 3.06. The molecule has 0 unspecified atom stereocenters. The summed E-state index contributed by atoms with van der Waals surface area (Å²) >= 11 is 0. The van der Waals surface area contributed by atoms with Crippen LogP contribution in [0.1, 0.15) is 17.2 Å². The number of carbonyl (C=O) groups is 2. The van der Waals surface area contributed by atoms with Crippen LogP contribution in [0.5, 0.6) is 0 Å². The number of hydrogen-bond acceptors (Lipinski definition) is 4. The molecule has 2 fully saturated rings.